The quantitative estimate of drug-likeness (QED) is 0.724. The van der Waals surface area contributed by atoms with Crippen molar-refractivity contribution in [2.75, 3.05) is 13.1 Å². The molecule has 160 valence electrons. The zero-order valence-electron chi connectivity index (χ0n) is 16.0. The Labute approximate surface area is 172 Å². The van der Waals surface area contributed by atoms with E-state index in [9.17, 15) is 26.4 Å². The van der Waals surface area contributed by atoms with Crippen molar-refractivity contribution in [1.29, 1.82) is 0 Å². The fourth-order valence-corrected chi connectivity index (χ4v) is 5.53. The van der Waals surface area contributed by atoms with Gasteiger partial charge in [-0.2, -0.15) is 13.2 Å². The molecule has 0 bridgehead atoms. The zero-order valence-corrected chi connectivity index (χ0v) is 16.8. The summed E-state index contributed by atoms with van der Waals surface area (Å²) in [5.74, 6) is -0.495. The summed E-state index contributed by atoms with van der Waals surface area (Å²) in [4.78, 5) is 12.5. The SMILES string of the molecule is O=C1CC2(CCN(S(=O)(=O)Cc3ccccc3)CC2)Oc2cc(C(F)(F)F)ccc21. The van der Waals surface area contributed by atoms with Crippen LogP contribution in [-0.2, 0) is 22.0 Å². The highest BCUT2D eigenvalue weighted by atomic mass is 32.2. The number of carbonyl (C=O) groups excluding carboxylic acids is 1. The Morgan fingerprint density at radius 2 is 1.70 bits per heavy atom. The van der Waals surface area contributed by atoms with E-state index in [4.69, 9.17) is 4.74 Å². The van der Waals surface area contributed by atoms with Crippen LogP contribution < -0.4 is 4.74 Å². The first-order chi connectivity index (χ1) is 14.1. The number of ether oxygens (including phenoxy) is 1. The number of halogens is 3. The third-order valence-electron chi connectivity index (χ3n) is 5.64. The summed E-state index contributed by atoms with van der Waals surface area (Å²) in [6.07, 6.45) is -4.04. The molecule has 5 nitrogen and oxygen atoms in total. The molecule has 0 unspecified atom stereocenters. The summed E-state index contributed by atoms with van der Waals surface area (Å²) in [5.41, 5.74) is -1.05. The van der Waals surface area contributed by atoms with E-state index >= 15 is 0 Å². The smallest absolute Gasteiger partial charge is 0.416 e. The number of benzene rings is 2. The summed E-state index contributed by atoms with van der Waals surface area (Å²) in [7, 11) is -3.55. The third kappa shape index (κ3) is 4.09. The van der Waals surface area contributed by atoms with E-state index in [1.54, 1.807) is 30.3 Å². The number of fused-ring (bicyclic) bond motifs is 1. The number of hydrogen-bond donors (Lipinski definition) is 0. The molecule has 0 radical (unpaired) electrons. The molecule has 2 heterocycles. The van der Waals surface area contributed by atoms with Crippen molar-refractivity contribution in [3.8, 4) is 5.75 Å². The number of rotatable bonds is 3. The molecule has 1 saturated heterocycles. The van der Waals surface area contributed by atoms with Crippen LogP contribution in [-0.4, -0.2) is 37.2 Å². The number of piperidine rings is 1. The van der Waals surface area contributed by atoms with Crippen molar-refractivity contribution in [2.24, 2.45) is 0 Å². The van der Waals surface area contributed by atoms with Crippen molar-refractivity contribution in [3.05, 3.63) is 65.2 Å². The standard InChI is InChI=1S/C21H20F3NO4S/c22-21(23,24)16-6-7-17-18(26)13-20(29-19(17)12-16)8-10-25(11-9-20)30(27,28)14-15-4-2-1-3-5-15/h1-7,12H,8-11,13-14H2. The number of alkyl halides is 3. The molecular weight excluding hydrogens is 419 g/mol. The second-order valence-corrected chi connectivity index (χ2v) is 9.70. The Morgan fingerprint density at radius 3 is 2.33 bits per heavy atom. The van der Waals surface area contributed by atoms with Crippen LogP contribution in [0.15, 0.2) is 48.5 Å². The van der Waals surface area contributed by atoms with Crippen LogP contribution in [0.3, 0.4) is 0 Å². The van der Waals surface area contributed by atoms with Crippen LogP contribution in [0.4, 0.5) is 13.2 Å². The van der Waals surface area contributed by atoms with Gasteiger partial charge in [-0.15, -0.1) is 0 Å². The molecule has 1 spiro atoms. The highest BCUT2D eigenvalue weighted by Crippen LogP contribution is 2.42. The van der Waals surface area contributed by atoms with Crippen LogP contribution in [0, 0.1) is 0 Å². The van der Waals surface area contributed by atoms with Crippen LogP contribution in [0.5, 0.6) is 5.75 Å². The Balaban J connectivity index is 1.50. The summed E-state index contributed by atoms with van der Waals surface area (Å²) in [6.45, 7) is 0.299. The van der Waals surface area contributed by atoms with Gasteiger partial charge in [-0.05, 0) is 23.8 Å². The van der Waals surface area contributed by atoms with Crippen LogP contribution in [0.1, 0.15) is 40.7 Å². The van der Waals surface area contributed by atoms with E-state index in [-0.39, 0.29) is 55.2 Å². The van der Waals surface area contributed by atoms with Crippen LogP contribution in [0.25, 0.3) is 0 Å². The van der Waals surface area contributed by atoms with Crippen LogP contribution >= 0.6 is 0 Å². The molecule has 0 N–H and O–H groups in total. The molecular formula is C21H20F3NO4S. The van der Waals surface area contributed by atoms with Crippen molar-refractivity contribution in [1.82, 2.24) is 4.31 Å². The number of hydrogen-bond acceptors (Lipinski definition) is 4. The largest absolute Gasteiger partial charge is 0.486 e. The number of ketones is 1. The first-order valence-electron chi connectivity index (χ1n) is 9.53. The maximum absolute atomic E-state index is 13.0. The average Bonchev–Trinajstić information content (AvgIpc) is 2.67. The number of Topliss-reactive ketones (excluding diaryl/α,β-unsaturated/α-hetero) is 1. The van der Waals surface area contributed by atoms with Crippen LogP contribution in [0.2, 0.25) is 0 Å². The fourth-order valence-electron chi connectivity index (χ4n) is 4.00. The molecule has 2 aliphatic rings. The molecule has 2 aromatic rings. The minimum Gasteiger partial charge on any atom is -0.486 e. The molecule has 0 aromatic heterocycles. The Hall–Kier alpha value is -2.39. The summed E-state index contributed by atoms with van der Waals surface area (Å²) in [5, 5.41) is 0. The van der Waals surface area contributed by atoms with Gasteiger partial charge in [0.15, 0.2) is 5.78 Å². The predicted molar refractivity (Wildman–Crippen MR) is 104 cm³/mol. The van der Waals surface area contributed by atoms with Gasteiger partial charge in [-0.3, -0.25) is 4.79 Å². The summed E-state index contributed by atoms with van der Waals surface area (Å²) in [6, 6.07) is 11.7. The second kappa shape index (κ2) is 7.39. The maximum atomic E-state index is 13.0. The van der Waals surface area contributed by atoms with E-state index < -0.39 is 27.4 Å². The van der Waals surface area contributed by atoms with Gasteiger partial charge in [0.1, 0.15) is 11.4 Å². The normalized spacial score (nSPS) is 19.4. The molecule has 0 saturated carbocycles. The zero-order chi connectivity index (χ0) is 21.6. The lowest BCUT2D eigenvalue weighted by atomic mass is 9.83. The molecule has 4 rings (SSSR count). The first kappa shape index (κ1) is 20.9. The molecule has 2 aromatic carbocycles. The highest BCUT2D eigenvalue weighted by molar-refractivity contribution is 7.88. The molecule has 2 aliphatic heterocycles. The van der Waals surface area contributed by atoms with Gasteiger partial charge in [0.25, 0.3) is 0 Å². The topological polar surface area (TPSA) is 63.7 Å². The lowest BCUT2D eigenvalue weighted by Gasteiger charge is -2.43. The molecule has 1 fully saturated rings. The minimum atomic E-state index is -4.54. The van der Waals surface area contributed by atoms with Gasteiger partial charge in [0, 0.05) is 25.9 Å². The Morgan fingerprint density at radius 1 is 1.03 bits per heavy atom. The number of sulfonamides is 1. The average molecular weight is 439 g/mol. The lowest BCUT2D eigenvalue weighted by Crippen LogP contribution is -2.52. The van der Waals surface area contributed by atoms with Crippen molar-refractivity contribution in [2.45, 2.75) is 36.8 Å². The lowest BCUT2D eigenvalue weighted by molar-refractivity contribution is -0.137. The number of carbonyl (C=O) groups is 1. The number of nitrogens with zero attached hydrogens (tertiary/aromatic N) is 1. The van der Waals surface area contributed by atoms with Crippen molar-refractivity contribution < 1.29 is 31.1 Å². The van der Waals surface area contributed by atoms with Gasteiger partial charge in [-0.25, -0.2) is 12.7 Å². The highest BCUT2D eigenvalue weighted by Gasteiger charge is 2.45. The van der Waals surface area contributed by atoms with E-state index in [0.29, 0.717) is 5.56 Å². The molecule has 0 atom stereocenters. The molecule has 0 aliphatic carbocycles. The summed E-state index contributed by atoms with van der Waals surface area (Å²) >= 11 is 0. The van der Waals surface area contributed by atoms with Crippen molar-refractivity contribution in [3.63, 3.8) is 0 Å². The van der Waals surface area contributed by atoms with Gasteiger partial charge in [0.2, 0.25) is 10.0 Å². The Bertz CT molecular complexity index is 1060. The Kier molecular flexibility index (Phi) is 5.14. The van der Waals surface area contributed by atoms with Gasteiger partial charge >= 0.3 is 6.18 Å². The van der Waals surface area contributed by atoms with Gasteiger partial charge < -0.3 is 4.74 Å². The molecule has 9 heteroatoms. The maximum Gasteiger partial charge on any atom is 0.416 e. The second-order valence-electron chi connectivity index (χ2n) is 7.73. The monoisotopic (exact) mass is 439 g/mol. The predicted octanol–water partition coefficient (Wildman–Crippen LogP) is 4.04. The van der Waals surface area contributed by atoms with Gasteiger partial charge in [0.05, 0.1) is 23.3 Å². The van der Waals surface area contributed by atoms with E-state index in [1.165, 1.54) is 4.31 Å². The van der Waals surface area contributed by atoms with Crippen molar-refractivity contribution >= 4 is 15.8 Å². The summed E-state index contributed by atoms with van der Waals surface area (Å²) < 4.78 is 71.8. The molecule has 0 amide bonds. The van der Waals surface area contributed by atoms with Gasteiger partial charge in [-0.1, -0.05) is 30.3 Å². The van der Waals surface area contributed by atoms with E-state index in [1.807, 2.05) is 0 Å². The van der Waals surface area contributed by atoms with E-state index in [0.717, 1.165) is 18.2 Å². The first-order valence-corrected chi connectivity index (χ1v) is 11.1. The molecule has 30 heavy (non-hydrogen) atoms. The third-order valence-corrected chi connectivity index (χ3v) is 7.49. The minimum absolute atomic E-state index is 0.0257. The fraction of sp³-hybridized carbons (Fsp3) is 0.381. The van der Waals surface area contributed by atoms with E-state index in [2.05, 4.69) is 0 Å².